The van der Waals surface area contributed by atoms with E-state index in [2.05, 4.69) is 13.8 Å². The Morgan fingerprint density at radius 2 is 1.94 bits per heavy atom. The van der Waals surface area contributed by atoms with Crippen LogP contribution < -0.4 is 0 Å². The zero-order chi connectivity index (χ0) is 12.7. The number of carbonyl (C=O) groups is 2. The van der Waals surface area contributed by atoms with Gasteiger partial charge in [0.1, 0.15) is 5.78 Å². The van der Waals surface area contributed by atoms with Crippen LogP contribution in [0.2, 0.25) is 0 Å². The summed E-state index contributed by atoms with van der Waals surface area (Å²) in [4.78, 5) is 25.2. The standard InChI is InChI=1S/C13H23NO2/c1-8(2)7-13(5)11(9(3)10(4)15)14(6)12(13)16/h8-9,11H,7H2,1-6H3/t9?,11-,13-/m0/s1. The molecule has 0 aliphatic carbocycles. The zero-order valence-electron chi connectivity index (χ0n) is 11.2. The van der Waals surface area contributed by atoms with Gasteiger partial charge in [0.25, 0.3) is 0 Å². The number of β-lactam (4-membered cyclic amide) rings is 1. The summed E-state index contributed by atoms with van der Waals surface area (Å²) in [5.74, 6) is 0.759. The number of hydrogen-bond donors (Lipinski definition) is 0. The van der Waals surface area contributed by atoms with Crippen molar-refractivity contribution in [2.24, 2.45) is 17.3 Å². The van der Waals surface area contributed by atoms with Gasteiger partial charge in [-0.05, 0) is 26.2 Å². The zero-order valence-corrected chi connectivity index (χ0v) is 11.2. The fraction of sp³-hybridized carbons (Fsp3) is 0.846. The summed E-state index contributed by atoms with van der Waals surface area (Å²) in [6, 6.07) is 0.0694. The number of carbonyl (C=O) groups excluding carboxylic acids is 2. The van der Waals surface area contributed by atoms with Gasteiger partial charge in [-0.2, -0.15) is 0 Å². The Morgan fingerprint density at radius 1 is 1.44 bits per heavy atom. The number of likely N-dealkylation sites (tertiary alicyclic amines) is 1. The Morgan fingerprint density at radius 3 is 2.31 bits per heavy atom. The number of ketones is 1. The van der Waals surface area contributed by atoms with Crippen LogP contribution in [0.25, 0.3) is 0 Å². The van der Waals surface area contributed by atoms with E-state index >= 15 is 0 Å². The van der Waals surface area contributed by atoms with Gasteiger partial charge in [0.05, 0.1) is 11.5 Å². The van der Waals surface area contributed by atoms with Crippen molar-refractivity contribution in [3.05, 3.63) is 0 Å². The van der Waals surface area contributed by atoms with Crippen LogP contribution in [0.3, 0.4) is 0 Å². The van der Waals surface area contributed by atoms with Crippen LogP contribution in [-0.4, -0.2) is 29.7 Å². The Kier molecular flexibility index (Phi) is 3.46. The molecule has 0 saturated carbocycles. The van der Waals surface area contributed by atoms with Crippen molar-refractivity contribution in [3.63, 3.8) is 0 Å². The van der Waals surface area contributed by atoms with Crippen LogP contribution in [0.1, 0.15) is 41.0 Å². The van der Waals surface area contributed by atoms with Gasteiger partial charge in [-0.1, -0.05) is 20.8 Å². The third kappa shape index (κ3) is 1.87. The second-order valence-corrected chi connectivity index (χ2v) is 5.78. The fourth-order valence-corrected chi connectivity index (χ4v) is 3.18. The lowest BCUT2D eigenvalue weighted by Gasteiger charge is -2.55. The highest BCUT2D eigenvalue weighted by atomic mass is 16.2. The van der Waals surface area contributed by atoms with Gasteiger partial charge in [-0.25, -0.2) is 0 Å². The summed E-state index contributed by atoms with van der Waals surface area (Å²) in [5, 5.41) is 0. The highest BCUT2D eigenvalue weighted by Crippen LogP contribution is 2.46. The van der Waals surface area contributed by atoms with E-state index in [-0.39, 0.29) is 29.1 Å². The molecule has 0 spiro atoms. The Hall–Kier alpha value is -0.860. The van der Waals surface area contributed by atoms with Gasteiger partial charge < -0.3 is 4.90 Å². The molecule has 1 unspecified atom stereocenters. The minimum absolute atomic E-state index is 0.0635. The molecular formula is C13H23NO2. The molecule has 0 bridgehead atoms. The molecule has 3 atom stereocenters. The number of Topliss-reactive ketones (excluding diaryl/α,β-unsaturated/α-hetero) is 1. The third-order valence-corrected chi connectivity index (χ3v) is 3.83. The predicted molar refractivity (Wildman–Crippen MR) is 64.0 cm³/mol. The predicted octanol–water partition coefficient (Wildman–Crippen LogP) is 2.10. The maximum atomic E-state index is 12.0. The summed E-state index contributed by atoms with van der Waals surface area (Å²) < 4.78 is 0. The van der Waals surface area contributed by atoms with Crippen LogP contribution in [0.5, 0.6) is 0 Å². The largest absolute Gasteiger partial charge is 0.340 e. The van der Waals surface area contributed by atoms with Crippen LogP contribution in [0.4, 0.5) is 0 Å². The lowest BCUT2D eigenvalue weighted by atomic mass is 9.63. The minimum atomic E-state index is -0.339. The molecule has 1 heterocycles. The number of hydrogen-bond acceptors (Lipinski definition) is 2. The van der Waals surface area contributed by atoms with Gasteiger partial charge in [0.15, 0.2) is 0 Å². The van der Waals surface area contributed by atoms with E-state index in [0.717, 1.165) is 6.42 Å². The van der Waals surface area contributed by atoms with E-state index in [4.69, 9.17) is 0 Å². The van der Waals surface area contributed by atoms with Crippen molar-refractivity contribution in [1.29, 1.82) is 0 Å². The molecule has 3 heteroatoms. The van der Waals surface area contributed by atoms with Gasteiger partial charge in [-0.3, -0.25) is 9.59 Å². The maximum Gasteiger partial charge on any atom is 0.230 e. The van der Waals surface area contributed by atoms with Crippen molar-refractivity contribution in [3.8, 4) is 0 Å². The van der Waals surface area contributed by atoms with E-state index in [0.29, 0.717) is 5.92 Å². The molecule has 1 aliphatic heterocycles. The average molecular weight is 225 g/mol. The number of amides is 1. The third-order valence-electron chi connectivity index (χ3n) is 3.83. The molecule has 1 fully saturated rings. The van der Waals surface area contributed by atoms with Crippen LogP contribution in [-0.2, 0) is 9.59 Å². The topological polar surface area (TPSA) is 37.4 Å². The van der Waals surface area contributed by atoms with Crippen LogP contribution >= 0.6 is 0 Å². The van der Waals surface area contributed by atoms with E-state index < -0.39 is 0 Å². The molecule has 0 aromatic rings. The minimum Gasteiger partial charge on any atom is -0.340 e. The Balaban J connectivity index is 2.90. The van der Waals surface area contributed by atoms with Gasteiger partial charge in [0.2, 0.25) is 5.91 Å². The molecule has 0 aromatic heterocycles. The summed E-state index contributed by atoms with van der Waals surface area (Å²) in [7, 11) is 1.80. The van der Waals surface area contributed by atoms with Gasteiger partial charge in [-0.15, -0.1) is 0 Å². The van der Waals surface area contributed by atoms with Gasteiger partial charge in [0, 0.05) is 13.0 Å². The normalized spacial score (nSPS) is 31.6. The summed E-state index contributed by atoms with van der Waals surface area (Å²) in [6.45, 7) is 9.77. The highest BCUT2D eigenvalue weighted by molar-refractivity contribution is 5.92. The summed E-state index contributed by atoms with van der Waals surface area (Å²) >= 11 is 0. The molecule has 1 saturated heterocycles. The van der Waals surface area contributed by atoms with Crippen molar-refractivity contribution in [1.82, 2.24) is 4.90 Å². The molecule has 0 N–H and O–H groups in total. The number of nitrogens with zero attached hydrogens (tertiary/aromatic N) is 1. The fourth-order valence-electron chi connectivity index (χ4n) is 3.18. The molecule has 0 radical (unpaired) electrons. The van der Waals surface area contributed by atoms with E-state index in [9.17, 15) is 9.59 Å². The summed E-state index contributed by atoms with van der Waals surface area (Å²) in [6.07, 6.45) is 0.860. The Bertz CT molecular complexity index is 311. The monoisotopic (exact) mass is 225 g/mol. The Labute approximate surface area is 98.2 Å². The SMILES string of the molecule is CC(=O)C(C)[C@@H]1N(C)C(=O)[C@@]1(C)CC(C)C. The molecule has 1 amide bonds. The van der Waals surface area contributed by atoms with E-state index in [1.807, 2.05) is 13.8 Å². The summed E-state index contributed by atoms with van der Waals surface area (Å²) in [5.41, 5.74) is -0.339. The quantitative estimate of drug-likeness (QED) is 0.687. The first-order valence-electron chi connectivity index (χ1n) is 5.99. The first kappa shape index (κ1) is 13.2. The lowest BCUT2D eigenvalue weighted by molar-refractivity contribution is -0.174. The van der Waals surface area contributed by atoms with Crippen LogP contribution in [0, 0.1) is 17.3 Å². The maximum absolute atomic E-state index is 12.0. The van der Waals surface area contributed by atoms with Crippen molar-refractivity contribution in [2.45, 2.75) is 47.1 Å². The first-order chi connectivity index (χ1) is 7.21. The van der Waals surface area contributed by atoms with E-state index in [1.165, 1.54) is 0 Å². The molecule has 1 rings (SSSR count). The van der Waals surface area contributed by atoms with Crippen molar-refractivity contribution >= 4 is 11.7 Å². The smallest absolute Gasteiger partial charge is 0.230 e. The van der Waals surface area contributed by atoms with Crippen LogP contribution in [0.15, 0.2) is 0 Å². The second kappa shape index (κ2) is 4.19. The second-order valence-electron chi connectivity index (χ2n) is 5.78. The first-order valence-corrected chi connectivity index (χ1v) is 5.99. The lowest BCUT2D eigenvalue weighted by Crippen LogP contribution is -2.69. The molecule has 92 valence electrons. The van der Waals surface area contributed by atoms with E-state index in [1.54, 1.807) is 18.9 Å². The van der Waals surface area contributed by atoms with Crippen molar-refractivity contribution < 1.29 is 9.59 Å². The highest BCUT2D eigenvalue weighted by Gasteiger charge is 2.57. The molecular weight excluding hydrogens is 202 g/mol. The number of rotatable bonds is 4. The molecule has 0 aromatic carbocycles. The molecule has 16 heavy (non-hydrogen) atoms. The average Bonchev–Trinajstić information content (AvgIpc) is 2.15. The van der Waals surface area contributed by atoms with Gasteiger partial charge >= 0.3 is 0 Å². The molecule has 3 nitrogen and oxygen atoms in total. The van der Waals surface area contributed by atoms with Crippen molar-refractivity contribution in [2.75, 3.05) is 7.05 Å². The molecule has 1 aliphatic rings.